The number of H-pyrrole nitrogens is 1. The highest BCUT2D eigenvalue weighted by Crippen LogP contribution is 2.19. The molecule has 0 aliphatic heterocycles. The number of hydrogen-bond acceptors (Lipinski definition) is 3. The predicted molar refractivity (Wildman–Crippen MR) is 91.7 cm³/mol. The lowest BCUT2D eigenvalue weighted by Gasteiger charge is -2.03. The van der Waals surface area contributed by atoms with Crippen molar-refractivity contribution in [3.8, 4) is 11.3 Å². The third kappa shape index (κ3) is 3.33. The van der Waals surface area contributed by atoms with Crippen molar-refractivity contribution >= 4 is 17.5 Å². The molecule has 4 N–H and O–H groups in total. The van der Waals surface area contributed by atoms with Gasteiger partial charge in [-0.25, -0.2) is 0 Å². The van der Waals surface area contributed by atoms with Crippen LogP contribution in [0.2, 0.25) is 0 Å². The maximum atomic E-state index is 12.3. The van der Waals surface area contributed by atoms with Crippen molar-refractivity contribution in [2.75, 3.05) is 5.32 Å². The first-order valence-corrected chi connectivity index (χ1v) is 7.36. The lowest BCUT2D eigenvalue weighted by atomic mass is 10.1. The van der Waals surface area contributed by atoms with Crippen LogP contribution < -0.4 is 11.1 Å². The van der Waals surface area contributed by atoms with Crippen molar-refractivity contribution in [2.24, 2.45) is 5.73 Å². The lowest BCUT2D eigenvalue weighted by Crippen LogP contribution is -2.13. The number of nitrogens with one attached hydrogen (secondary N) is 2. The average molecular weight is 320 g/mol. The first-order chi connectivity index (χ1) is 11.5. The van der Waals surface area contributed by atoms with E-state index in [0.29, 0.717) is 22.6 Å². The molecule has 0 atom stereocenters. The van der Waals surface area contributed by atoms with Crippen LogP contribution in [0, 0.1) is 6.92 Å². The number of primary amides is 1. The number of aryl methyl sites for hydroxylation is 1. The van der Waals surface area contributed by atoms with Crippen LogP contribution in [0.5, 0.6) is 0 Å². The van der Waals surface area contributed by atoms with Gasteiger partial charge in [0.15, 0.2) is 0 Å². The summed E-state index contributed by atoms with van der Waals surface area (Å²) in [6.07, 6.45) is 0. The molecule has 0 aliphatic rings. The summed E-state index contributed by atoms with van der Waals surface area (Å²) < 4.78 is 0. The van der Waals surface area contributed by atoms with E-state index >= 15 is 0 Å². The van der Waals surface area contributed by atoms with Crippen LogP contribution in [0.1, 0.15) is 26.4 Å². The number of carbonyl (C=O) groups excluding carboxylic acids is 2. The third-order valence-corrected chi connectivity index (χ3v) is 3.60. The van der Waals surface area contributed by atoms with Gasteiger partial charge >= 0.3 is 0 Å². The predicted octanol–water partition coefficient (Wildman–Crippen LogP) is 2.74. The van der Waals surface area contributed by atoms with Crippen LogP contribution >= 0.6 is 0 Å². The second kappa shape index (κ2) is 6.37. The van der Waals surface area contributed by atoms with Crippen LogP contribution in [-0.4, -0.2) is 22.0 Å². The van der Waals surface area contributed by atoms with Crippen molar-refractivity contribution < 1.29 is 9.59 Å². The van der Waals surface area contributed by atoms with Crippen LogP contribution in [0.25, 0.3) is 11.3 Å². The monoisotopic (exact) mass is 320 g/mol. The van der Waals surface area contributed by atoms with Gasteiger partial charge in [-0.05, 0) is 37.3 Å². The molecule has 0 saturated carbocycles. The normalized spacial score (nSPS) is 10.4. The Morgan fingerprint density at radius 1 is 1.04 bits per heavy atom. The van der Waals surface area contributed by atoms with Gasteiger partial charge in [0.05, 0.1) is 5.69 Å². The number of nitrogens with two attached hydrogens (primary N) is 1. The zero-order valence-electron chi connectivity index (χ0n) is 13.0. The number of hydrogen-bond donors (Lipinski definition) is 3. The zero-order valence-corrected chi connectivity index (χ0v) is 13.0. The van der Waals surface area contributed by atoms with Gasteiger partial charge in [-0.1, -0.05) is 29.8 Å². The summed E-state index contributed by atoms with van der Waals surface area (Å²) in [5.41, 5.74) is 9.28. The quantitative estimate of drug-likeness (QED) is 0.689. The molecule has 0 saturated heterocycles. The minimum atomic E-state index is -0.510. The molecular formula is C18H16N4O2. The highest BCUT2D eigenvalue weighted by molar-refractivity contribution is 6.03. The van der Waals surface area contributed by atoms with Gasteiger partial charge in [0.2, 0.25) is 5.91 Å². The molecular weight excluding hydrogens is 304 g/mol. The zero-order chi connectivity index (χ0) is 17.1. The first kappa shape index (κ1) is 15.5. The molecule has 3 aromatic rings. The van der Waals surface area contributed by atoms with Gasteiger partial charge in [-0.15, -0.1) is 0 Å². The Kier molecular flexibility index (Phi) is 4.11. The molecule has 120 valence electrons. The molecule has 6 nitrogen and oxygen atoms in total. The Labute approximate surface area is 138 Å². The van der Waals surface area contributed by atoms with E-state index in [1.165, 1.54) is 0 Å². The number of aromatic nitrogens is 2. The summed E-state index contributed by atoms with van der Waals surface area (Å²) in [5.74, 6) is -0.822. The topological polar surface area (TPSA) is 101 Å². The maximum Gasteiger partial charge on any atom is 0.273 e. The van der Waals surface area contributed by atoms with E-state index in [9.17, 15) is 9.59 Å². The van der Waals surface area contributed by atoms with E-state index in [1.54, 1.807) is 30.3 Å². The maximum absolute atomic E-state index is 12.3. The molecule has 0 spiro atoms. The summed E-state index contributed by atoms with van der Waals surface area (Å²) in [7, 11) is 0. The van der Waals surface area contributed by atoms with E-state index in [-0.39, 0.29) is 5.91 Å². The minimum absolute atomic E-state index is 0.312. The summed E-state index contributed by atoms with van der Waals surface area (Å²) in [5, 5.41) is 9.64. The molecule has 1 aromatic heterocycles. The van der Waals surface area contributed by atoms with Gasteiger partial charge in [-0.3, -0.25) is 14.7 Å². The van der Waals surface area contributed by atoms with Crippen molar-refractivity contribution in [1.82, 2.24) is 10.2 Å². The molecule has 6 heteroatoms. The fourth-order valence-electron chi connectivity index (χ4n) is 2.23. The third-order valence-electron chi connectivity index (χ3n) is 3.60. The number of rotatable bonds is 4. The fraction of sp³-hybridized carbons (Fsp3) is 0.0556. The highest BCUT2D eigenvalue weighted by Gasteiger charge is 2.11. The first-order valence-electron chi connectivity index (χ1n) is 7.36. The molecule has 0 fully saturated rings. The number of carbonyl (C=O) groups is 2. The van der Waals surface area contributed by atoms with Gasteiger partial charge in [0.25, 0.3) is 5.91 Å². The van der Waals surface area contributed by atoms with E-state index in [4.69, 9.17) is 5.73 Å². The fourth-order valence-corrected chi connectivity index (χ4v) is 2.23. The second-order valence-corrected chi connectivity index (χ2v) is 5.43. The number of benzene rings is 2. The largest absolute Gasteiger partial charge is 0.366 e. The second-order valence-electron chi connectivity index (χ2n) is 5.43. The van der Waals surface area contributed by atoms with Crippen LogP contribution in [0.15, 0.2) is 54.6 Å². The Hall–Kier alpha value is -3.41. The molecule has 0 radical (unpaired) electrons. The number of amides is 2. The van der Waals surface area contributed by atoms with E-state index < -0.39 is 5.91 Å². The molecule has 24 heavy (non-hydrogen) atoms. The van der Waals surface area contributed by atoms with Crippen molar-refractivity contribution in [2.45, 2.75) is 6.92 Å². The van der Waals surface area contributed by atoms with Crippen LogP contribution in [0.3, 0.4) is 0 Å². The van der Waals surface area contributed by atoms with Crippen molar-refractivity contribution in [3.63, 3.8) is 0 Å². The molecule has 0 aliphatic carbocycles. The van der Waals surface area contributed by atoms with E-state index in [1.807, 2.05) is 31.2 Å². The highest BCUT2D eigenvalue weighted by atomic mass is 16.2. The Morgan fingerprint density at radius 3 is 2.33 bits per heavy atom. The SMILES string of the molecule is Cc1ccc(-c2cc(C(=O)Nc3ccc(C(N)=O)cc3)[nH]n2)cc1. The number of aromatic amines is 1. The number of nitrogens with zero attached hydrogens (tertiary/aromatic N) is 1. The molecule has 2 aromatic carbocycles. The average Bonchev–Trinajstić information content (AvgIpc) is 3.06. The lowest BCUT2D eigenvalue weighted by molar-refractivity contribution is 0.0998. The Balaban J connectivity index is 1.73. The summed E-state index contributed by atoms with van der Waals surface area (Å²) in [6, 6.07) is 15.9. The van der Waals surface area contributed by atoms with Gasteiger partial charge < -0.3 is 11.1 Å². The van der Waals surface area contributed by atoms with Gasteiger partial charge in [0, 0.05) is 16.8 Å². The molecule has 0 unspecified atom stereocenters. The van der Waals surface area contributed by atoms with E-state index in [0.717, 1.165) is 11.1 Å². The minimum Gasteiger partial charge on any atom is -0.366 e. The standard InChI is InChI=1S/C18H16N4O2/c1-11-2-4-12(5-3-11)15-10-16(22-21-15)18(24)20-14-8-6-13(7-9-14)17(19)23/h2-10H,1H3,(H2,19,23)(H,20,24)(H,21,22). The van der Waals surface area contributed by atoms with Crippen molar-refractivity contribution in [1.29, 1.82) is 0 Å². The Bertz CT molecular complexity index is 880. The molecule has 3 rings (SSSR count). The van der Waals surface area contributed by atoms with Crippen LogP contribution in [-0.2, 0) is 0 Å². The van der Waals surface area contributed by atoms with Gasteiger partial charge in [-0.2, -0.15) is 5.10 Å². The molecule has 2 amide bonds. The van der Waals surface area contributed by atoms with Crippen LogP contribution in [0.4, 0.5) is 5.69 Å². The number of anilines is 1. The summed E-state index contributed by atoms with van der Waals surface area (Å²) >= 11 is 0. The Morgan fingerprint density at radius 2 is 1.71 bits per heavy atom. The molecule has 1 heterocycles. The smallest absolute Gasteiger partial charge is 0.273 e. The van der Waals surface area contributed by atoms with E-state index in [2.05, 4.69) is 15.5 Å². The van der Waals surface area contributed by atoms with Crippen molar-refractivity contribution in [3.05, 3.63) is 71.4 Å². The van der Waals surface area contributed by atoms with Gasteiger partial charge in [0.1, 0.15) is 5.69 Å². The summed E-state index contributed by atoms with van der Waals surface area (Å²) in [6.45, 7) is 2.01. The summed E-state index contributed by atoms with van der Waals surface area (Å²) in [4.78, 5) is 23.3. The molecule has 0 bridgehead atoms.